The Balaban J connectivity index is 2.07. The molecule has 3 rings (SSSR count). The van der Waals surface area contributed by atoms with Gasteiger partial charge in [-0.15, -0.1) is 0 Å². The van der Waals surface area contributed by atoms with Gasteiger partial charge in [0.15, 0.2) is 6.19 Å². The molecule has 0 aromatic heterocycles. The van der Waals surface area contributed by atoms with Gasteiger partial charge in [-0.3, -0.25) is 0 Å². The summed E-state index contributed by atoms with van der Waals surface area (Å²) >= 11 is 0. The molecule has 1 aliphatic rings. The Hall–Kier alpha value is -2.97. The minimum atomic E-state index is -4.55. The number of nitrogens with zero attached hydrogens (tertiary/aromatic N) is 3. The Morgan fingerprint density at radius 3 is 2.53 bits per heavy atom. The van der Waals surface area contributed by atoms with Crippen LogP contribution in [0.4, 0.5) is 13.2 Å². The van der Waals surface area contributed by atoms with Crippen molar-refractivity contribution >= 4 is 10.0 Å². The quantitative estimate of drug-likeness (QED) is 0.578. The standard InChI is InChI=1S/C21H22F3N3O4S/c1-30-18-6-7-19(31-2)20(11-18)32(28,29)27(17-8-9-26(13-17)14-25)12-15-4-3-5-16(10-15)21(22,23)24/h3-7,10-11,17H,8-9,12-13H2,1-2H3. The summed E-state index contributed by atoms with van der Waals surface area (Å²) in [6.07, 6.45) is -2.20. The smallest absolute Gasteiger partial charge is 0.416 e. The number of rotatable bonds is 7. The second-order valence-corrected chi connectivity index (χ2v) is 9.11. The second-order valence-electron chi connectivity index (χ2n) is 7.25. The predicted molar refractivity (Wildman–Crippen MR) is 109 cm³/mol. The summed E-state index contributed by atoms with van der Waals surface area (Å²) in [4.78, 5) is 1.25. The SMILES string of the molecule is COc1ccc(OC)c(S(=O)(=O)N(Cc2cccc(C(F)(F)F)c2)C2CCN(C#N)C2)c1. The second kappa shape index (κ2) is 9.26. The Bertz CT molecular complexity index is 1120. The van der Waals surface area contributed by atoms with Crippen LogP contribution in [0.3, 0.4) is 0 Å². The summed E-state index contributed by atoms with van der Waals surface area (Å²) in [5, 5.41) is 9.20. The summed E-state index contributed by atoms with van der Waals surface area (Å²) in [7, 11) is -1.51. The summed E-state index contributed by atoms with van der Waals surface area (Å²) in [6.45, 7) is 0.197. The van der Waals surface area contributed by atoms with Crippen molar-refractivity contribution < 1.29 is 31.1 Å². The summed E-state index contributed by atoms with van der Waals surface area (Å²) in [5.41, 5.74) is -0.683. The largest absolute Gasteiger partial charge is 0.497 e. The van der Waals surface area contributed by atoms with E-state index in [1.165, 1.54) is 43.4 Å². The molecule has 2 aromatic carbocycles. The maximum Gasteiger partial charge on any atom is 0.416 e. The van der Waals surface area contributed by atoms with E-state index < -0.39 is 27.8 Å². The number of methoxy groups -OCH3 is 2. The van der Waals surface area contributed by atoms with Gasteiger partial charge in [-0.1, -0.05) is 18.2 Å². The maximum absolute atomic E-state index is 13.7. The molecule has 1 unspecified atom stereocenters. The van der Waals surface area contributed by atoms with Gasteiger partial charge < -0.3 is 14.4 Å². The highest BCUT2D eigenvalue weighted by Crippen LogP contribution is 2.35. The third kappa shape index (κ3) is 4.92. The van der Waals surface area contributed by atoms with Crippen molar-refractivity contribution in [2.45, 2.75) is 30.1 Å². The van der Waals surface area contributed by atoms with Gasteiger partial charge in [-0.2, -0.15) is 22.7 Å². The summed E-state index contributed by atoms with van der Waals surface area (Å²) < 4.78 is 78.5. The number of ether oxygens (including phenoxy) is 2. The lowest BCUT2D eigenvalue weighted by molar-refractivity contribution is -0.137. The summed E-state index contributed by atoms with van der Waals surface area (Å²) in [5.74, 6) is 0.364. The van der Waals surface area contributed by atoms with Crippen LogP contribution in [0.5, 0.6) is 11.5 Å². The first kappa shape index (κ1) is 23.7. The first-order valence-corrected chi connectivity index (χ1v) is 11.1. The molecule has 0 amide bonds. The zero-order chi connectivity index (χ0) is 23.5. The predicted octanol–water partition coefficient (Wildman–Crippen LogP) is 3.47. The molecule has 11 heteroatoms. The molecular formula is C21H22F3N3O4S. The highest BCUT2D eigenvalue weighted by Gasteiger charge is 2.38. The maximum atomic E-state index is 13.7. The average molecular weight is 469 g/mol. The van der Waals surface area contributed by atoms with Crippen molar-refractivity contribution in [3.05, 3.63) is 53.6 Å². The normalized spacial score (nSPS) is 16.8. The number of alkyl halides is 3. The highest BCUT2D eigenvalue weighted by molar-refractivity contribution is 7.89. The van der Waals surface area contributed by atoms with Gasteiger partial charge in [-0.25, -0.2) is 8.42 Å². The van der Waals surface area contributed by atoms with Gasteiger partial charge in [0.25, 0.3) is 0 Å². The molecule has 7 nitrogen and oxygen atoms in total. The van der Waals surface area contributed by atoms with Crippen molar-refractivity contribution in [3.63, 3.8) is 0 Å². The first-order chi connectivity index (χ1) is 15.1. The van der Waals surface area contributed by atoms with Crippen LogP contribution in [-0.2, 0) is 22.7 Å². The number of hydrogen-bond donors (Lipinski definition) is 0. The zero-order valence-corrected chi connectivity index (χ0v) is 18.3. The molecule has 0 bridgehead atoms. The van der Waals surface area contributed by atoms with E-state index in [9.17, 15) is 26.9 Å². The van der Waals surface area contributed by atoms with Gasteiger partial charge in [0, 0.05) is 31.7 Å². The van der Waals surface area contributed by atoms with Crippen LogP contribution in [0.1, 0.15) is 17.5 Å². The zero-order valence-electron chi connectivity index (χ0n) is 17.5. The van der Waals surface area contributed by atoms with E-state index in [0.717, 1.165) is 16.4 Å². The number of benzene rings is 2. The van der Waals surface area contributed by atoms with Crippen LogP contribution in [0, 0.1) is 11.5 Å². The molecule has 0 aliphatic carbocycles. The molecule has 32 heavy (non-hydrogen) atoms. The van der Waals surface area contributed by atoms with Crippen LogP contribution in [-0.4, -0.2) is 51.0 Å². The van der Waals surface area contributed by atoms with Gasteiger partial charge in [0.05, 0.1) is 19.8 Å². The average Bonchev–Trinajstić information content (AvgIpc) is 3.25. The Kier molecular flexibility index (Phi) is 6.85. The lowest BCUT2D eigenvalue weighted by atomic mass is 10.1. The Morgan fingerprint density at radius 2 is 1.94 bits per heavy atom. The third-order valence-electron chi connectivity index (χ3n) is 5.26. The monoisotopic (exact) mass is 469 g/mol. The lowest BCUT2D eigenvalue weighted by Crippen LogP contribution is -2.41. The fourth-order valence-electron chi connectivity index (χ4n) is 3.62. The number of nitriles is 1. The summed E-state index contributed by atoms with van der Waals surface area (Å²) in [6, 6.07) is 8.24. The number of likely N-dealkylation sites (tertiary alicyclic amines) is 1. The van der Waals surface area contributed by atoms with Crippen LogP contribution in [0.15, 0.2) is 47.4 Å². The first-order valence-electron chi connectivity index (χ1n) is 9.65. The van der Waals surface area contributed by atoms with E-state index in [0.29, 0.717) is 13.0 Å². The van der Waals surface area contributed by atoms with Crippen molar-refractivity contribution in [1.82, 2.24) is 9.21 Å². The topological polar surface area (TPSA) is 82.9 Å². The van der Waals surface area contributed by atoms with Crippen molar-refractivity contribution in [1.29, 1.82) is 5.26 Å². The van der Waals surface area contributed by atoms with E-state index in [4.69, 9.17) is 9.47 Å². The fourth-order valence-corrected chi connectivity index (χ4v) is 5.42. The number of hydrogen-bond acceptors (Lipinski definition) is 6. The van der Waals surface area contributed by atoms with Gasteiger partial charge in [0.1, 0.15) is 16.4 Å². The highest BCUT2D eigenvalue weighted by atomic mass is 32.2. The van der Waals surface area contributed by atoms with Gasteiger partial charge >= 0.3 is 6.18 Å². The van der Waals surface area contributed by atoms with Crippen LogP contribution in [0.25, 0.3) is 0 Å². The van der Waals surface area contributed by atoms with E-state index in [1.807, 2.05) is 6.19 Å². The van der Waals surface area contributed by atoms with Crippen molar-refractivity contribution in [2.75, 3.05) is 27.3 Å². The van der Waals surface area contributed by atoms with Crippen molar-refractivity contribution in [2.24, 2.45) is 0 Å². The van der Waals surface area contributed by atoms with E-state index in [2.05, 4.69) is 0 Å². The van der Waals surface area contributed by atoms with Crippen LogP contribution in [0.2, 0.25) is 0 Å². The van der Waals surface area contributed by atoms with E-state index >= 15 is 0 Å². The molecular weight excluding hydrogens is 447 g/mol. The van der Waals surface area contributed by atoms with Gasteiger partial charge in [0.2, 0.25) is 10.0 Å². The van der Waals surface area contributed by atoms with Crippen LogP contribution < -0.4 is 9.47 Å². The molecule has 0 saturated carbocycles. The molecule has 1 saturated heterocycles. The van der Waals surface area contributed by atoms with Crippen LogP contribution >= 0.6 is 0 Å². The minimum Gasteiger partial charge on any atom is -0.497 e. The molecule has 2 aromatic rings. The fraction of sp³-hybridized carbons (Fsp3) is 0.381. The molecule has 0 N–H and O–H groups in total. The minimum absolute atomic E-state index is 0.0787. The Morgan fingerprint density at radius 1 is 1.19 bits per heavy atom. The molecule has 172 valence electrons. The molecule has 0 spiro atoms. The van der Waals surface area contributed by atoms with E-state index in [1.54, 1.807) is 6.07 Å². The molecule has 1 atom stereocenters. The van der Waals surface area contributed by atoms with Gasteiger partial charge in [-0.05, 0) is 30.2 Å². The lowest BCUT2D eigenvalue weighted by Gasteiger charge is -2.29. The number of sulfonamides is 1. The molecule has 1 aliphatic heterocycles. The van der Waals surface area contributed by atoms with E-state index in [-0.39, 0.29) is 35.0 Å². The Labute approximate surface area is 184 Å². The van der Waals surface area contributed by atoms with Crippen molar-refractivity contribution in [3.8, 4) is 17.7 Å². The molecule has 0 radical (unpaired) electrons. The number of halogens is 3. The third-order valence-corrected chi connectivity index (χ3v) is 7.18. The molecule has 1 fully saturated rings. The molecule has 1 heterocycles.